The lowest BCUT2D eigenvalue weighted by molar-refractivity contribution is 0.923. The van der Waals surface area contributed by atoms with Gasteiger partial charge in [-0.2, -0.15) is 5.10 Å². The van der Waals surface area contributed by atoms with Gasteiger partial charge in [-0.15, -0.1) is 6.42 Å². The van der Waals surface area contributed by atoms with Crippen molar-refractivity contribution >= 4 is 21.6 Å². The molecule has 0 bridgehead atoms. The molecule has 0 fully saturated rings. The summed E-state index contributed by atoms with van der Waals surface area (Å²) in [5.74, 6) is 2.45. The highest BCUT2D eigenvalue weighted by molar-refractivity contribution is 9.10. The molecule has 2 rings (SSSR count). The predicted molar refractivity (Wildman–Crippen MR) is 48.6 cm³/mol. The Morgan fingerprint density at radius 1 is 1.50 bits per heavy atom. The molecule has 4 heteroatoms. The van der Waals surface area contributed by atoms with Crippen molar-refractivity contribution in [3.63, 3.8) is 0 Å². The fraction of sp³-hybridized carbons (Fsp3) is 0. The fourth-order valence-corrected chi connectivity index (χ4v) is 1.31. The van der Waals surface area contributed by atoms with E-state index < -0.39 is 0 Å². The minimum absolute atomic E-state index is 0.604. The Kier molecular flexibility index (Phi) is 1.59. The highest BCUT2D eigenvalue weighted by atomic mass is 79.9. The van der Waals surface area contributed by atoms with E-state index in [-0.39, 0.29) is 0 Å². The number of hydrogen-bond donors (Lipinski definition) is 0. The molecule has 0 aliphatic rings. The molecule has 0 saturated carbocycles. The van der Waals surface area contributed by atoms with E-state index in [9.17, 15) is 0 Å². The topological polar surface area (TPSA) is 30.2 Å². The van der Waals surface area contributed by atoms with Crippen LogP contribution in [0.3, 0.4) is 0 Å². The van der Waals surface area contributed by atoms with Crippen LogP contribution in [0.1, 0.15) is 5.69 Å². The molecule has 0 spiro atoms. The van der Waals surface area contributed by atoms with Crippen LogP contribution in [-0.4, -0.2) is 14.6 Å². The summed E-state index contributed by atoms with van der Waals surface area (Å²) < 4.78 is 2.39. The zero-order valence-corrected chi connectivity index (χ0v) is 7.62. The van der Waals surface area contributed by atoms with E-state index in [0.29, 0.717) is 5.69 Å². The van der Waals surface area contributed by atoms with E-state index in [2.05, 4.69) is 31.9 Å². The van der Waals surface area contributed by atoms with Gasteiger partial charge in [-0.25, -0.2) is 9.50 Å². The van der Waals surface area contributed by atoms with Crippen molar-refractivity contribution in [1.82, 2.24) is 14.6 Å². The lowest BCUT2D eigenvalue weighted by atomic mass is 10.4. The molecule has 2 heterocycles. The van der Waals surface area contributed by atoms with Crippen molar-refractivity contribution in [1.29, 1.82) is 0 Å². The average Bonchev–Trinajstić information content (AvgIpc) is 2.43. The number of halogens is 1. The second-order valence-electron chi connectivity index (χ2n) is 2.23. The maximum atomic E-state index is 5.19. The van der Waals surface area contributed by atoms with Gasteiger partial charge in [0.25, 0.3) is 0 Å². The van der Waals surface area contributed by atoms with Crippen LogP contribution in [0.2, 0.25) is 0 Å². The molecule has 2 aromatic heterocycles. The largest absolute Gasteiger partial charge is 0.220 e. The van der Waals surface area contributed by atoms with Gasteiger partial charge in [0.15, 0.2) is 5.65 Å². The van der Waals surface area contributed by atoms with Gasteiger partial charge >= 0.3 is 0 Å². The van der Waals surface area contributed by atoms with E-state index in [1.807, 2.05) is 6.07 Å². The Balaban J connectivity index is 2.77. The molecule has 0 N–H and O–H groups in total. The molecule has 0 aliphatic carbocycles. The number of hydrogen-bond acceptors (Lipinski definition) is 2. The second kappa shape index (κ2) is 2.61. The van der Waals surface area contributed by atoms with E-state index in [4.69, 9.17) is 6.42 Å². The summed E-state index contributed by atoms with van der Waals surface area (Å²) in [7, 11) is 0. The van der Waals surface area contributed by atoms with Crippen LogP contribution < -0.4 is 0 Å². The number of fused-ring (bicyclic) bond motifs is 1. The molecule has 0 atom stereocenters. The fourth-order valence-electron chi connectivity index (χ4n) is 0.930. The predicted octanol–water partition coefficient (Wildman–Crippen LogP) is 1.47. The first-order chi connectivity index (χ1) is 5.79. The SMILES string of the molecule is C#Cc1ccc2nc(Br)cn2n1. The van der Waals surface area contributed by atoms with Crippen LogP contribution in [0.25, 0.3) is 5.65 Å². The Bertz CT molecular complexity index is 467. The molecule has 0 radical (unpaired) electrons. The lowest BCUT2D eigenvalue weighted by Crippen LogP contribution is -1.92. The third-order valence-corrected chi connectivity index (χ3v) is 1.82. The second-order valence-corrected chi connectivity index (χ2v) is 3.04. The summed E-state index contributed by atoms with van der Waals surface area (Å²) in [5, 5.41) is 4.10. The number of imidazole rings is 1. The van der Waals surface area contributed by atoms with Gasteiger partial charge in [-0.1, -0.05) is 0 Å². The zero-order chi connectivity index (χ0) is 8.55. The summed E-state index contributed by atoms with van der Waals surface area (Å²) in [6.07, 6.45) is 6.95. The first-order valence-electron chi connectivity index (χ1n) is 3.28. The molecule has 0 aromatic carbocycles. The number of terminal acetylenes is 1. The van der Waals surface area contributed by atoms with Gasteiger partial charge in [0.05, 0.1) is 6.20 Å². The molecular weight excluding hydrogens is 218 g/mol. The van der Waals surface area contributed by atoms with Crippen LogP contribution in [0.15, 0.2) is 22.9 Å². The van der Waals surface area contributed by atoms with Crippen LogP contribution in [0, 0.1) is 12.3 Å². The van der Waals surface area contributed by atoms with Crippen molar-refractivity contribution in [3.8, 4) is 12.3 Å². The standard InChI is InChI=1S/C8H4BrN3/c1-2-6-3-4-8-10-7(9)5-12(8)11-6/h1,3-5H. The molecule has 12 heavy (non-hydrogen) atoms. The van der Waals surface area contributed by atoms with Gasteiger partial charge in [0.2, 0.25) is 0 Å². The van der Waals surface area contributed by atoms with E-state index >= 15 is 0 Å². The van der Waals surface area contributed by atoms with Gasteiger partial charge in [0.1, 0.15) is 10.3 Å². The Morgan fingerprint density at radius 2 is 2.33 bits per heavy atom. The molecule has 58 valence electrons. The van der Waals surface area contributed by atoms with Crippen LogP contribution in [0.4, 0.5) is 0 Å². The van der Waals surface area contributed by atoms with Gasteiger partial charge in [-0.05, 0) is 34.0 Å². The molecule has 3 nitrogen and oxygen atoms in total. The van der Waals surface area contributed by atoms with Crippen molar-refractivity contribution in [2.75, 3.05) is 0 Å². The minimum Gasteiger partial charge on any atom is -0.220 e. The molecule has 0 unspecified atom stereocenters. The van der Waals surface area contributed by atoms with Crippen LogP contribution >= 0.6 is 15.9 Å². The molecule has 0 aliphatic heterocycles. The zero-order valence-electron chi connectivity index (χ0n) is 6.03. The van der Waals surface area contributed by atoms with Crippen LogP contribution in [0.5, 0.6) is 0 Å². The van der Waals surface area contributed by atoms with Gasteiger partial charge in [0, 0.05) is 0 Å². The van der Waals surface area contributed by atoms with Crippen molar-refractivity contribution < 1.29 is 0 Å². The van der Waals surface area contributed by atoms with Gasteiger partial charge in [-0.3, -0.25) is 0 Å². The van der Waals surface area contributed by atoms with Crippen molar-refractivity contribution in [3.05, 3.63) is 28.6 Å². The first kappa shape index (κ1) is 7.32. The third-order valence-electron chi connectivity index (χ3n) is 1.44. The van der Waals surface area contributed by atoms with Crippen molar-refractivity contribution in [2.24, 2.45) is 0 Å². The normalized spacial score (nSPS) is 10.0. The quantitative estimate of drug-likeness (QED) is 0.632. The molecule has 0 saturated heterocycles. The van der Waals surface area contributed by atoms with Crippen LogP contribution in [-0.2, 0) is 0 Å². The Labute approximate surface area is 77.6 Å². The maximum absolute atomic E-state index is 5.19. The third kappa shape index (κ3) is 1.08. The van der Waals surface area contributed by atoms with Gasteiger partial charge < -0.3 is 0 Å². The van der Waals surface area contributed by atoms with Crippen molar-refractivity contribution in [2.45, 2.75) is 0 Å². The summed E-state index contributed by atoms with van der Waals surface area (Å²) in [6, 6.07) is 3.59. The highest BCUT2D eigenvalue weighted by Gasteiger charge is 1.98. The summed E-state index contributed by atoms with van der Waals surface area (Å²) in [4.78, 5) is 4.14. The summed E-state index contributed by atoms with van der Waals surface area (Å²) >= 11 is 3.25. The number of rotatable bonds is 0. The molecule has 2 aromatic rings. The summed E-state index contributed by atoms with van der Waals surface area (Å²) in [6.45, 7) is 0. The Morgan fingerprint density at radius 3 is 3.08 bits per heavy atom. The highest BCUT2D eigenvalue weighted by Crippen LogP contribution is 2.09. The number of aromatic nitrogens is 3. The first-order valence-corrected chi connectivity index (χ1v) is 4.07. The van der Waals surface area contributed by atoms with E-state index in [0.717, 1.165) is 10.3 Å². The number of nitrogens with zero attached hydrogens (tertiary/aromatic N) is 3. The Hall–Kier alpha value is -1.34. The average molecular weight is 222 g/mol. The smallest absolute Gasteiger partial charge is 0.154 e. The summed E-state index contributed by atoms with van der Waals surface area (Å²) in [5.41, 5.74) is 1.38. The van der Waals surface area contributed by atoms with E-state index in [1.54, 1.807) is 16.8 Å². The minimum atomic E-state index is 0.604. The maximum Gasteiger partial charge on any atom is 0.154 e. The lowest BCUT2D eigenvalue weighted by Gasteiger charge is -1.91. The monoisotopic (exact) mass is 221 g/mol. The molecule has 0 amide bonds. The molecular formula is C8H4BrN3. The van der Waals surface area contributed by atoms with E-state index in [1.165, 1.54) is 0 Å².